The van der Waals surface area contributed by atoms with Crippen LogP contribution in [0.5, 0.6) is 5.75 Å². The van der Waals surface area contributed by atoms with Gasteiger partial charge in [-0.15, -0.1) is 0 Å². The van der Waals surface area contributed by atoms with E-state index >= 15 is 0 Å². The van der Waals surface area contributed by atoms with Crippen molar-refractivity contribution in [3.8, 4) is 5.75 Å². The summed E-state index contributed by atoms with van der Waals surface area (Å²) in [4.78, 5) is 10.9. The molecule has 0 heterocycles. The molecule has 1 aromatic carbocycles. The number of rotatable bonds is 12. The molecule has 0 aliphatic rings. The van der Waals surface area contributed by atoms with Gasteiger partial charge >= 0.3 is 57.4 Å². The smallest absolute Gasteiger partial charge is 0.872 e. The number of carbonyl (C=O) groups is 1. The van der Waals surface area contributed by atoms with Crippen molar-refractivity contribution >= 4 is 5.97 Å². The van der Waals surface area contributed by atoms with E-state index in [1.807, 2.05) is 0 Å². The Kier molecular flexibility index (Phi) is 14.5. The van der Waals surface area contributed by atoms with Gasteiger partial charge in [-0.25, -0.2) is 4.79 Å². The van der Waals surface area contributed by atoms with Gasteiger partial charge in [0, 0.05) is 0 Å². The second-order valence-electron chi connectivity index (χ2n) is 6.03. The Morgan fingerprint density at radius 3 is 2.00 bits per heavy atom. The molecule has 0 saturated carbocycles. The van der Waals surface area contributed by atoms with Crippen LogP contribution in [-0.2, 0) is 6.42 Å². The summed E-state index contributed by atoms with van der Waals surface area (Å²) >= 11 is 0. The third-order valence-electron chi connectivity index (χ3n) is 4.13. The maximum Gasteiger partial charge on any atom is 1.00 e. The summed E-state index contributed by atoms with van der Waals surface area (Å²) in [5.74, 6) is -1.44. The zero-order valence-corrected chi connectivity index (χ0v) is 17.9. The minimum Gasteiger partial charge on any atom is -0.872 e. The third kappa shape index (κ3) is 9.88. The van der Waals surface area contributed by atoms with Crippen LogP contribution in [0, 0.1) is 0 Å². The van der Waals surface area contributed by atoms with Crippen LogP contribution in [0.25, 0.3) is 0 Å². The van der Waals surface area contributed by atoms with Gasteiger partial charge in [0.2, 0.25) is 0 Å². The first-order chi connectivity index (χ1) is 10.7. The van der Waals surface area contributed by atoms with Crippen molar-refractivity contribution in [1.29, 1.82) is 0 Å². The fourth-order valence-corrected chi connectivity index (χ4v) is 2.75. The summed E-state index contributed by atoms with van der Waals surface area (Å²) in [5.41, 5.74) is 0.532. The van der Waals surface area contributed by atoms with Crippen molar-refractivity contribution in [2.24, 2.45) is 0 Å². The van der Waals surface area contributed by atoms with Gasteiger partial charge in [-0.3, -0.25) is 0 Å². The summed E-state index contributed by atoms with van der Waals surface area (Å²) in [6.45, 7) is 2.24. The maximum atomic E-state index is 11.9. The molecule has 0 fully saturated rings. The molecule has 124 valence electrons. The monoisotopic (exact) mass is 344 g/mol. The van der Waals surface area contributed by atoms with Crippen LogP contribution in [0.1, 0.15) is 87.1 Å². The van der Waals surface area contributed by atoms with Gasteiger partial charge in [0.1, 0.15) is 0 Å². The van der Waals surface area contributed by atoms with E-state index in [9.17, 15) is 9.90 Å². The van der Waals surface area contributed by atoms with E-state index in [1.165, 1.54) is 57.4 Å². The molecule has 0 spiro atoms. The van der Waals surface area contributed by atoms with Crippen molar-refractivity contribution in [2.75, 3.05) is 0 Å². The Balaban J connectivity index is 0.00000484. The number of para-hydroxylation sites is 1. The zero-order valence-electron chi connectivity index (χ0n) is 14.8. The van der Waals surface area contributed by atoms with Gasteiger partial charge < -0.3 is 10.2 Å². The number of aryl methyl sites for hydroxylation is 1. The van der Waals surface area contributed by atoms with Crippen molar-refractivity contribution in [3.05, 3.63) is 29.3 Å². The fourth-order valence-electron chi connectivity index (χ4n) is 2.75. The normalized spacial score (nSPS) is 10.3. The van der Waals surface area contributed by atoms with Crippen molar-refractivity contribution < 1.29 is 66.4 Å². The molecule has 23 heavy (non-hydrogen) atoms. The zero-order chi connectivity index (χ0) is 16.2. The van der Waals surface area contributed by atoms with E-state index in [0.717, 1.165) is 12.8 Å². The largest absolute Gasteiger partial charge is 1.00 e. The minimum atomic E-state index is -1.13. The second-order valence-corrected chi connectivity index (χ2v) is 6.03. The van der Waals surface area contributed by atoms with E-state index in [0.29, 0.717) is 12.0 Å². The number of aromatic carboxylic acids is 1. The van der Waals surface area contributed by atoms with E-state index in [-0.39, 0.29) is 62.7 Å². The van der Waals surface area contributed by atoms with E-state index < -0.39 is 5.97 Å². The van der Waals surface area contributed by atoms with Crippen LogP contribution in [-0.4, -0.2) is 11.1 Å². The van der Waals surface area contributed by atoms with E-state index in [1.54, 1.807) is 12.1 Å². The van der Waals surface area contributed by atoms with E-state index in [4.69, 9.17) is 5.11 Å². The molecule has 0 amide bonds. The summed E-state index contributed by atoms with van der Waals surface area (Å²) < 4.78 is 0. The topological polar surface area (TPSA) is 60.4 Å². The molecule has 0 aromatic heterocycles. The predicted octanol–water partition coefficient (Wildman–Crippen LogP) is 1.93. The first-order valence-electron chi connectivity index (χ1n) is 8.69. The van der Waals surface area contributed by atoms with Crippen LogP contribution in [0.15, 0.2) is 18.2 Å². The van der Waals surface area contributed by atoms with Crippen LogP contribution in [0.2, 0.25) is 0 Å². The summed E-state index contributed by atoms with van der Waals surface area (Å²) in [6.07, 6.45) is 13.3. The van der Waals surface area contributed by atoms with Gasteiger partial charge in [-0.2, -0.15) is 0 Å². The second kappa shape index (κ2) is 14.5. The standard InChI is InChI=1S/C19H30O3.K/c1-2-3-4-5-6-7-8-9-10-11-13-16-14-12-15-17(18(16)20)19(21)22;/h12,14-15,20H,2-11,13H2,1H3,(H,21,22);/q;+1/p-1. The van der Waals surface area contributed by atoms with Crippen molar-refractivity contribution in [3.63, 3.8) is 0 Å². The van der Waals surface area contributed by atoms with Crippen LogP contribution in [0.3, 0.4) is 0 Å². The van der Waals surface area contributed by atoms with Crippen LogP contribution in [0.4, 0.5) is 0 Å². The Labute approximate surface area is 183 Å². The van der Waals surface area contributed by atoms with Crippen LogP contribution < -0.4 is 56.5 Å². The molecule has 1 aromatic rings. The maximum absolute atomic E-state index is 11.9. The molecule has 0 unspecified atom stereocenters. The van der Waals surface area contributed by atoms with Crippen LogP contribution >= 0.6 is 0 Å². The Bertz CT molecular complexity index is 446. The number of unbranched alkanes of at least 4 members (excludes halogenated alkanes) is 9. The van der Waals surface area contributed by atoms with Crippen molar-refractivity contribution in [2.45, 2.75) is 77.6 Å². The molecule has 1 rings (SSSR count). The average molecular weight is 345 g/mol. The summed E-state index contributed by atoms with van der Waals surface area (Å²) in [6, 6.07) is 4.80. The minimum absolute atomic E-state index is 0. The van der Waals surface area contributed by atoms with E-state index in [2.05, 4.69) is 6.92 Å². The number of hydrogen-bond acceptors (Lipinski definition) is 2. The molecule has 0 radical (unpaired) electrons. The SMILES string of the molecule is CCCCCCCCCCCCc1cccc(C(=O)O)c1[O-].[K+]. The number of carboxylic acid groups (broad SMARTS) is 1. The molecule has 3 nitrogen and oxygen atoms in total. The summed E-state index contributed by atoms with van der Waals surface area (Å²) in [7, 11) is 0. The Morgan fingerprint density at radius 2 is 1.48 bits per heavy atom. The average Bonchev–Trinajstić information content (AvgIpc) is 2.50. The Hall–Kier alpha value is 0.126. The molecule has 4 heteroatoms. The Morgan fingerprint density at radius 1 is 0.957 bits per heavy atom. The van der Waals surface area contributed by atoms with Gasteiger partial charge in [0.25, 0.3) is 0 Å². The first kappa shape index (κ1) is 23.1. The van der Waals surface area contributed by atoms with Gasteiger partial charge in [0.15, 0.2) is 0 Å². The van der Waals surface area contributed by atoms with Gasteiger partial charge in [-0.1, -0.05) is 88.2 Å². The molecular weight excluding hydrogens is 315 g/mol. The first-order valence-corrected chi connectivity index (χ1v) is 8.69. The quantitative estimate of drug-likeness (QED) is 0.465. The molecule has 0 atom stereocenters. The molecule has 0 aliphatic carbocycles. The predicted molar refractivity (Wildman–Crippen MR) is 88.4 cm³/mol. The molecule has 1 N–H and O–H groups in total. The number of carboxylic acids is 1. The molecule has 0 bridgehead atoms. The fraction of sp³-hybridized carbons (Fsp3) is 0.632. The number of hydrogen-bond donors (Lipinski definition) is 1. The summed E-state index contributed by atoms with van der Waals surface area (Å²) in [5, 5.41) is 20.9. The molecule has 0 aliphatic heterocycles. The molecular formula is C19H29KO3. The van der Waals surface area contributed by atoms with Gasteiger partial charge in [-0.05, 0) is 18.9 Å². The number of benzene rings is 1. The van der Waals surface area contributed by atoms with Gasteiger partial charge in [0.05, 0.1) is 5.56 Å². The third-order valence-corrected chi connectivity index (χ3v) is 4.13. The van der Waals surface area contributed by atoms with Crippen molar-refractivity contribution in [1.82, 2.24) is 0 Å². The molecule has 0 saturated heterocycles.